The van der Waals surface area contributed by atoms with Crippen LogP contribution in [0.1, 0.15) is 22.3 Å². The van der Waals surface area contributed by atoms with E-state index in [0.717, 1.165) is 29.2 Å². The summed E-state index contributed by atoms with van der Waals surface area (Å²) in [5.41, 5.74) is -0.429. The maximum absolute atomic E-state index is 13.1. The Morgan fingerprint density at radius 3 is 2.28 bits per heavy atom. The van der Waals surface area contributed by atoms with E-state index in [1.807, 2.05) is 0 Å². The summed E-state index contributed by atoms with van der Waals surface area (Å²) in [6.07, 6.45) is -4.11. The molecule has 2 heterocycles. The van der Waals surface area contributed by atoms with Crippen molar-refractivity contribution in [1.29, 1.82) is 0 Å². The average molecular weight is 403 g/mol. The fraction of sp³-hybridized carbons (Fsp3) is 0.250. The summed E-state index contributed by atoms with van der Waals surface area (Å²) in [7, 11) is 0. The lowest BCUT2D eigenvalue weighted by molar-refractivity contribution is -0.137. The number of alkyl halides is 3. The summed E-state index contributed by atoms with van der Waals surface area (Å²) in [6, 6.07) is 10.2. The number of halogens is 3. The van der Waals surface area contributed by atoms with E-state index >= 15 is 0 Å². The molecule has 4 amide bonds. The number of nitrogens with one attached hydrogen (secondary N) is 1. The van der Waals surface area contributed by atoms with Crippen LogP contribution in [-0.2, 0) is 11.0 Å². The van der Waals surface area contributed by atoms with Gasteiger partial charge in [-0.25, -0.2) is 9.69 Å². The standard InChI is InChI=1S/C20H16F3N3O3/c21-20(22,23)13-8-6-12(7-9-13)17(27)25-11-10-15-16(25)18(28)26(19(29)24-15)14-4-2-1-3-5-14/h1-9,15-16H,10-11H2,(H,24,29)/t15-,16+/m1/s1. The normalized spacial score (nSPS) is 21.8. The lowest BCUT2D eigenvalue weighted by Crippen LogP contribution is -2.65. The van der Waals surface area contributed by atoms with E-state index in [1.54, 1.807) is 30.3 Å². The van der Waals surface area contributed by atoms with E-state index < -0.39 is 41.7 Å². The molecule has 4 rings (SSSR count). The smallest absolute Gasteiger partial charge is 0.332 e. The van der Waals surface area contributed by atoms with Crippen LogP contribution in [0, 0.1) is 0 Å². The summed E-state index contributed by atoms with van der Waals surface area (Å²) in [6.45, 7) is 0.212. The van der Waals surface area contributed by atoms with Crippen molar-refractivity contribution in [3.8, 4) is 0 Å². The zero-order chi connectivity index (χ0) is 20.8. The van der Waals surface area contributed by atoms with Gasteiger partial charge < -0.3 is 10.2 Å². The molecule has 0 radical (unpaired) electrons. The van der Waals surface area contributed by atoms with Gasteiger partial charge in [0.2, 0.25) is 0 Å². The molecule has 0 bridgehead atoms. The van der Waals surface area contributed by atoms with Crippen LogP contribution in [-0.4, -0.2) is 41.4 Å². The minimum absolute atomic E-state index is 0.0506. The van der Waals surface area contributed by atoms with Gasteiger partial charge in [-0.1, -0.05) is 18.2 Å². The fourth-order valence-electron chi connectivity index (χ4n) is 3.72. The van der Waals surface area contributed by atoms with Gasteiger partial charge in [-0.2, -0.15) is 13.2 Å². The van der Waals surface area contributed by atoms with Crippen LogP contribution in [0.15, 0.2) is 54.6 Å². The molecule has 9 heteroatoms. The third kappa shape index (κ3) is 3.32. The van der Waals surface area contributed by atoms with E-state index in [2.05, 4.69) is 5.32 Å². The summed E-state index contributed by atoms with van der Waals surface area (Å²) in [4.78, 5) is 40.7. The van der Waals surface area contributed by atoms with Crippen LogP contribution in [0.4, 0.5) is 23.7 Å². The molecule has 2 aliphatic rings. The first kappa shape index (κ1) is 19.0. The van der Waals surface area contributed by atoms with E-state index in [0.29, 0.717) is 12.1 Å². The monoisotopic (exact) mass is 403 g/mol. The molecule has 150 valence electrons. The first-order chi connectivity index (χ1) is 13.8. The number of nitrogens with zero attached hydrogens (tertiary/aromatic N) is 2. The third-order valence-electron chi connectivity index (χ3n) is 5.12. The van der Waals surface area contributed by atoms with Gasteiger partial charge in [0.05, 0.1) is 17.3 Å². The number of fused-ring (bicyclic) bond motifs is 1. The number of imide groups is 1. The van der Waals surface area contributed by atoms with Crippen LogP contribution >= 0.6 is 0 Å². The number of likely N-dealkylation sites (tertiary alicyclic amines) is 1. The van der Waals surface area contributed by atoms with Crippen LogP contribution in [0.3, 0.4) is 0 Å². The van der Waals surface area contributed by atoms with Crippen LogP contribution in [0.5, 0.6) is 0 Å². The zero-order valence-corrected chi connectivity index (χ0v) is 15.0. The Morgan fingerprint density at radius 2 is 1.66 bits per heavy atom. The molecule has 2 aromatic carbocycles. The molecule has 0 unspecified atom stereocenters. The second kappa shape index (κ2) is 6.91. The molecule has 1 N–H and O–H groups in total. The van der Waals surface area contributed by atoms with Crippen molar-refractivity contribution in [2.45, 2.75) is 24.7 Å². The minimum Gasteiger partial charge on any atom is -0.332 e. The Balaban J connectivity index is 1.60. The SMILES string of the molecule is O=C1N[C@@H]2CCN(C(=O)c3ccc(C(F)(F)F)cc3)[C@@H]2C(=O)N1c1ccccc1. The molecule has 2 saturated heterocycles. The van der Waals surface area contributed by atoms with Crippen molar-refractivity contribution in [2.75, 3.05) is 11.4 Å². The second-order valence-corrected chi connectivity index (χ2v) is 6.87. The molecule has 2 aliphatic heterocycles. The molecule has 0 saturated carbocycles. The van der Waals surface area contributed by atoms with Gasteiger partial charge in [-0.3, -0.25) is 9.59 Å². The van der Waals surface area contributed by atoms with E-state index in [9.17, 15) is 27.6 Å². The molecule has 2 atom stereocenters. The van der Waals surface area contributed by atoms with E-state index in [-0.39, 0.29) is 12.1 Å². The highest BCUT2D eigenvalue weighted by atomic mass is 19.4. The van der Waals surface area contributed by atoms with Gasteiger partial charge in [0.15, 0.2) is 0 Å². The highest BCUT2D eigenvalue weighted by molar-refractivity contribution is 6.19. The minimum atomic E-state index is -4.50. The second-order valence-electron chi connectivity index (χ2n) is 6.87. The average Bonchev–Trinajstić information content (AvgIpc) is 3.11. The first-order valence-electron chi connectivity index (χ1n) is 8.95. The van der Waals surface area contributed by atoms with Gasteiger partial charge in [0.25, 0.3) is 11.8 Å². The Kier molecular flexibility index (Phi) is 4.52. The maximum atomic E-state index is 13.1. The van der Waals surface area contributed by atoms with E-state index in [4.69, 9.17) is 0 Å². The first-order valence-corrected chi connectivity index (χ1v) is 8.95. The van der Waals surface area contributed by atoms with Crippen molar-refractivity contribution < 1.29 is 27.6 Å². The van der Waals surface area contributed by atoms with Crippen molar-refractivity contribution in [3.63, 3.8) is 0 Å². The van der Waals surface area contributed by atoms with Gasteiger partial charge in [-0.15, -0.1) is 0 Å². The van der Waals surface area contributed by atoms with Crippen molar-refractivity contribution in [1.82, 2.24) is 10.2 Å². The number of urea groups is 1. The lowest BCUT2D eigenvalue weighted by Gasteiger charge is -2.36. The summed E-state index contributed by atoms with van der Waals surface area (Å²) in [5, 5.41) is 2.75. The van der Waals surface area contributed by atoms with Gasteiger partial charge in [-0.05, 0) is 42.8 Å². The van der Waals surface area contributed by atoms with E-state index in [1.165, 1.54) is 4.90 Å². The number of hydrogen-bond acceptors (Lipinski definition) is 3. The van der Waals surface area contributed by atoms with Crippen LogP contribution in [0.25, 0.3) is 0 Å². The predicted octanol–water partition coefficient (Wildman–Crippen LogP) is 3.04. The summed E-state index contributed by atoms with van der Waals surface area (Å²) in [5.74, 6) is -1.09. The largest absolute Gasteiger partial charge is 0.416 e. The number of para-hydroxylation sites is 1. The quantitative estimate of drug-likeness (QED) is 0.838. The van der Waals surface area contributed by atoms with Crippen LogP contribution in [0.2, 0.25) is 0 Å². The van der Waals surface area contributed by atoms with Gasteiger partial charge in [0.1, 0.15) is 6.04 Å². The van der Waals surface area contributed by atoms with Crippen molar-refractivity contribution in [3.05, 3.63) is 65.7 Å². The predicted molar refractivity (Wildman–Crippen MR) is 97.1 cm³/mol. The van der Waals surface area contributed by atoms with Gasteiger partial charge >= 0.3 is 12.2 Å². The third-order valence-corrected chi connectivity index (χ3v) is 5.12. The number of carbonyl (C=O) groups excluding carboxylic acids is 3. The van der Waals surface area contributed by atoms with Crippen LogP contribution < -0.4 is 10.2 Å². The maximum Gasteiger partial charge on any atom is 0.416 e. The Bertz CT molecular complexity index is 960. The molecule has 2 fully saturated rings. The molecule has 6 nitrogen and oxygen atoms in total. The highest BCUT2D eigenvalue weighted by Gasteiger charge is 2.50. The molecule has 2 aromatic rings. The Morgan fingerprint density at radius 1 is 1.00 bits per heavy atom. The number of hydrogen-bond donors (Lipinski definition) is 1. The number of rotatable bonds is 2. The molecule has 0 aromatic heterocycles. The number of benzene rings is 2. The number of anilines is 1. The topological polar surface area (TPSA) is 69.7 Å². The Hall–Kier alpha value is -3.36. The van der Waals surface area contributed by atoms with Gasteiger partial charge in [0, 0.05) is 12.1 Å². The fourth-order valence-corrected chi connectivity index (χ4v) is 3.72. The number of carbonyl (C=O) groups is 3. The lowest BCUT2D eigenvalue weighted by atomic mass is 10.0. The molecular formula is C20H16F3N3O3. The molecule has 29 heavy (non-hydrogen) atoms. The zero-order valence-electron chi connectivity index (χ0n) is 15.0. The van der Waals surface area contributed by atoms with Crippen molar-refractivity contribution in [2.24, 2.45) is 0 Å². The molecule has 0 aliphatic carbocycles. The molecule has 0 spiro atoms. The summed E-state index contributed by atoms with van der Waals surface area (Å²) < 4.78 is 38.2. The summed E-state index contributed by atoms with van der Waals surface area (Å²) >= 11 is 0. The molecular weight excluding hydrogens is 387 g/mol. The van der Waals surface area contributed by atoms with Crippen molar-refractivity contribution >= 4 is 23.5 Å². The Labute approximate surface area is 163 Å². The highest BCUT2D eigenvalue weighted by Crippen LogP contribution is 2.31. The number of amides is 4.